The molecule has 22 heavy (non-hydrogen) atoms. The van der Waals surface area contributed by atoms with Crippen molar-refractivity contribution in [3.05, 3.63) is 59.7 Å². The summed E-state index contributed by atoms with van der Waals surface area (Å²) in [7, 11) is 0. The maximum atomic E-state index is 12.0. The molecule has 0 aliphatic carbocycles. The lowest BCUT2D eigenvalue weighted by atomic mass is 9.99. The van der Waals surface area contributed by atoms with Gasteiger partial charge in [-0.3, -0.25) is 9.59 Å². The van der Waals surface area contributed by atoms with Crippen molar-refractivity contribution in [3.63, 3.8) is 0 Å². The van der Waals surface area contributed by atoms with Gasteiger partial charge in [-0.2, -0.15) is 0 Å². The Kier molecular flexibility index (Phi) is 5.65. The number of rotatable bonds is 7. The Bertz CT molecular complexity index is 636. The number of benzene rings is 2. The van der Waals surface area contributed by atoms with Crippen molar-refractivity contribution in [3.8, 4) is 11.1 Å². The van der Waals surface area contributed by atoms with Crippen molar-refractivity contribution >= 4 is 11.6 Å². The third-order valence-corrected chi connectivity index (χ3v) is 3.83. The second-order valence-electron chi connectivity index (χ2n) is 5.46. The van der Waals surface area contributed by atoms with Gasteiger partial charge in [0.05, 0.1) is 0 Å². The molecule has 114 valence electrons. The standard InChI is InChI=1S/C20H22O2/c1-3-5-6-20(22)18-13-9-16(10-14-18)15-7-11-17(12-8-15)19(21)4-2/h7-14H,3-6H2,1-2H3. The minimum atomic E-state index is 0.156. The van der Waals surface area contributed by atoms with Crippen molar-refractivity contribution in [2.45, 2.75) is 39.5 Å². The van der Waals surface area contributed by atoms with Crippen LogP contribution in [0.15, 0.2) is 48.5 Å². The predicted molar refractivity (Wildman–Crippen MR) is 90.4 cm³/mol. The molecule has 0 N–H and O–H groups in total. The molecule has 2 aromatic rings. The van der Waals surface area contributed by atoms with Crippen LogP contribution in [0.5, 0.6) is 0 Å². The first-order valence-corrected chi connectivity index (χ1v) is 7.92. The van der Waals surface area contributed by atoms with E-state index in [9.17, 15) is 9.59 Å². The van der Waals surface area contributed by atoms with Gasteiger partial charge in [0, 0.05) is 24.0 Å². The molecule has 0 saturated carbocycles. The SMILES string of the molecule is CCCCC(=O)c1ccc(-c2ccc(C(=O)CC)cc2)cc1. The molecule has 0 aromatic heterocycles. The van der Waals surface area contributed by atoms with E-state index in [-0.39, 0.29) is 11.6 Å². The number of hydrogen-bond acceptors (Lipinski definition) is 2. The van der Waals surface area contributed by atoms with Crippen LogP contribution in [-0.2, 0) is 0 Å². The monoisotopic (exact) mass is 294 g/mol. The topological polar surface area (TPSA) is 34.1 Å². The summed E-state index contributed by atoms with van der Waals surface area (Å²) in [5.74, 6) is 0.362. The van der Waals surface area contributed by atoms with Gasteiger partial charge in [-0.25, -0.2) is 0 Å². The van der Waals surface area contributed by atoms with Gasteiger partial charge in [-0.15, -0.1) is 0 Å². The van der Waals surface area contributed by atoms with E-state index >= 15 is 0 Å². The van der Waals surface area contributed by atoms with Crippen LogP contribution in [0.2, 0.25) is 0 Å². The van der Waals surface area contributed by atoms with Gasteiger partial charge in [0.15, 0.2) is 11.6 Å². The van der Waals surface area contributed by atoms with Gasteiger partial charge in [0.25, 0.3) is 0 Å². The van der Waals surface area contributed by atoms with Crippen LogP contribution in [-0.4, -0.2) is 11.6 Å². The zero-order chi connectivity index (χ0) is 15.9. The average Bonchev–Trinajstić information content (AvgIpc) is 2.59. The van der Waals surface area contributed by atoms with Gasteiger partial charge < -0.3 is 0 Å². The van der Waals surface area contributed by atoms with Crippen molar-refractivity contribution < 1.29 is 9.59 Å². The first-order chi connectivity index (χ1) is 10.7. The Hall–Kier alpha value is -2.22. The van der Waals surface area contributed by atoms with Crippen molar-refractivity contribution in [1.29, 1.82) is 0 Å². The summed E-state index contributed by atoms with van der Waals surface area (Å²) in [4.78, 5) is 23.6. The summed E-state index contributed by atoms with van der Waals surface area (Å²) in [5.41, 5.74) is 3.63. The fourth-order valence-electron chi connectivity index (χ4n) is 2.38. The number of hydrogen-bond donors (Lipinski definition) is 0. The van der Waals surface area contributed by atoms with E-state index in [2.05, 4.69) is 6.92 Å². The molecule has 2 nitrogen and oxygen atoms in total. The van der Waals surface area contributed by atoms with Crippen LogP contribution < -0.4 is 0 Å². The molecule has 0 saturated heterocycles. The molecule has 0 aliphatic rings. The molecular formula is C20H22O2. The second-order valence-corrected chi connectivity index (χ2v) is 5.46. The van der Waals surface area contributed by atoms with E-state index in [0.29, 0.717) is 12.8 Å². The van der Waals surface area contributed by atoms with Crippen molar-refractivity contribution in [1.82, 2.24) is 0 Å². The fraction of sp³-hybridized carbons (Fsp3) is 0.300. The van der Waals surface area contributed by atoms with Crippen LogP contribution >= 0.6 is 0 Å². The van der Waals surface area contributed by atoms with Crippen LogP contribution in [0.4, 0.5) is 0 Å². The third-order valence-electron chi connectivity index (χ3n) is 3.83. The van der Waals surface area contributed by atoms with E-state index in [1.807, 2.05) is 55.5 Å². The molecule has 0 spiro atoms. The number of carbonyl (C=O) groups excluding carboxylic acids is 2. The normalized spacial score (nSPS) is 10.5. The number of ketones is 2. The van der Waals surface area contributed by atoms with Crippen LogP contribution in [0.3, 0.4) is 0 Å². The lowest BCUT2D eigenvalue weighted by Crippen LogP contribution is -1.98. The van der Waals surface area contributed by atoms with Gasteiger partial charge in [0.1, 0.15) is 0 Å². The summed E-state index contributed by atoms with van der Waals surface area (Å²) >= 11 is 0. The molecule has 2 heteroatoms. The van der Waals surface area contributed by atoms with Crippen molar-refractivity contribution in [2.24, 2.45) is 0 Å². The Balaban J connectivity index is 2.13. The van der Waals surface area contributed by atoms with Gasteiger partial charge in [-0.05, 0) is 17.5 Å². The van der Waals surface area contributed by atoms with E-state index < -0.39 is 0 Å². The van der Waals surface area contributed by atoms with Gasteiger partial charge in [-0.1, -0.05) is 68.8 Å². The zero-order valence-electron chi connectivity index (χ0n) is 13.3. The quantitative estimate of drug-likeness (QED) is 0.648. The summed E-state index contributed by atoms with van der Waals surface area (Å²) < 4.78 is 0. The molecule has 0 bridgehead atoms. The van der Waals surface area contributed by atoms with Gasteiger partial charge in [0.2, 0.25) is 0 Å². The molecule has 0 unspecified atom stereocenters. The number of Topliss-reactive ketones (excluding diaryl/α,β-unsaturated/α-hetero) is 2. The molecule has 2 rings (SSSR count). The van der Waals surface area contributed by atoms with E-state index in [1.54, 1.807) is 0 Å². The lowest BCUT2D eigenvalue weighted by molar-refractivity contribution is 0.0975. The average molecular weight is 294 g/mol. The highest BCUT2D eigenvalue weighted by Gasteiger charge is 2.07. The summed E-state index contributed by atoms with van der Waals surface area (Å²) in [6.45, 7) is 3.95. The minimum Gasteiger partial charge on any atom is -0.294 e. The maximum Gasteiger partial charge on any atom is 0.162 e. The van der Waals surface area contributed by atoms with E-state index in [1.165, 1.54) is 0 Å². The van der Waals surface area contributed by atoms with E-state index in [4.69, 9.17) is 0 Å². The first-order valence-electron chi connectivity index (χ1n) is 7.92. The molecule has 0 atom stereocenters. The third kappa shape index (κ3) is 3.91. The lowest BCUT2D eigenvalue weighted by Gasteiger charge is -2.05. The summed E-state index contributed by atoms with van der Waals surface area (Å²) in [6.07, 6.45) is 3.11. The minimum absolute atomic E-state index is 0.156. The predicted octanol–water partition coefficient (Wildman–Crippen LogP) is 5.32. The first kappa shape index (κ1) is 16.2. The van der Waals surface area contributed by atoms with Crippen LogP contribution in [0.25, 0.3) is 11.1 Å². The number of carbonyl (C=O) groups is 2. The summed E-state index contributed by atoms with van der Waals surface area (Å²) in [6, 6.07) is 15.3. The molecule has 0 radical (unpaired) electrons. The van der Waals surface area contributed by atoms with E-state index in [0.717, 1.165) is 35.1 Å². The number of unbranched alkanes of at least 4 members (excludes halogenated alkanes) is 1. The van der Waals surface area contributed by atoms with Crippen LogP contribution in [0.1, 0.15) is 60.2 Å². The molecule has 0 fully saturated rings. The molecule has 0 aliphatic heterocycles. The molecular weight excluding hydrogens is 272 g/mol. The zero-order valence-corrected chi connectivity index (χ0v) is 13.3. The molecule has 0 heterocycles. The Morgan fingerprint density at radius 1 is 0.727 bits per heavy atom. The highest BCUT2D eigenvalue weighted by Crippen LogP contribution is 2.21. The molecule has 2 aromatic carbocycles. The highest BCUT2D eigenvalue weighted by molar-refractivity contribution is 5.97. The Morgan fingerprint density at radius 3 is 1.59 bits per heavy atom. The Morgan fingerprint density at radius 2 is 1.18 bits per heavy atom. The van der Waals surface area contributed by atoms with Crippen LogP contribution in [0, 0.1) is 0 Å². The van der Waals surface area contributed by atoms with Gasteiger partial charge >= 0.3 is 0 Å². The maximum absolute atomic E-state index is 12.0. The fourth-order valence-corrected chi connectivity index (χ4v) is 2.38. The second kappa shape index (κ2) is 7.69. The highest BCUT2D eigenvalue weighted by atomic mass is 16.1. The Labute approximate surface area is 132 Å². The summed E-state index contributed by atoms with van der Waals surface area (Å²) in [5, 5.41) is 0. The largest absolute Gasteiger partial charge is 0.294 e. The molecule has 0 amide bonds. The van der Waals surface area contributed by atoms with Crippen molar-refractivity contribution in [2.75, 3.05) is 0 Å². The smallest absolute Gasteiger partial charge is 0.162 e.